The van der Waals surface area contributed by atoms with Crippen LogP contribution in [0.2, 0.25) is 0 Å². The molecule has 1 amide bonds. The average molecular weight is 396 g/mol. The molecule has 9 heteroatoms. The van der Waals surface area contributed by atoms with Gasteiger partial charge in [0.2, 0.25) is 0 Å². The number of benzene rings is 1. The lowest BCUT2D eigenvalue weighted by Gasteiger charge is -2.28. The van der Waals surface area contributed by atoms with Gasteiger partial charge in [-0.1, -0.05) is 0 Å². The maximum Gasteiger partial charge on any atom is 0.259 e. The first-order valence-electron chi connectivity index (χ1n) is 9.67. The number of nitrogens with zero attached hydrogens (tertiary/aromatic N) is 4. The molecular weight excluding hydrogens is 375 g/mol. The SMILES string of the molecule is C[C@H]1CNC(=O)c2c(N)nn3ccc(nc23)N2CCCC2c2cc(F)ccc2O1. The lowest BCUT2D eigenvalue weighted by Crippen LogP contribution is -2.34. The summed E-state index contributed by atoms with van der Waals surface area (Å²) in [5.74, 6) is 0.774. The summed E-state index contributed by atoms with van der Waals surface area (Å²) in [6, 6.07) is 6.34. The summed E-state index contributed by atoms with van der Waals surface area (Å²) >= 11 is 0. The molecule has 0 saturated carbocycles. The third-order valence-corrected chi connectivity index (χ3v) is 5.48. The number of nitrogens with two attached hydrogens (primary N) is 1. The van der Waals surface area contributed by atoms with Crippen molar-refractivity contribution in [3.63, 3.8) is 0 Å². The summed E-state index contributed by atoms with van der Waals surface area (Å²) in [7, 11) is 0. The van der Waals surface area contributed by atoms with Gasteiger partial charge in [-0.05, 0) is 44.0 Å². The van der Waals surface area contributed by atoms with Gasteiger partial charge in [-0.25, -0.2) is 13.9 Å². The normalized spacial score (nSPS) is 21.6. The van der Waals surface area contributed by atoms with E-state index in [0.717, 1.165) is 24.9 Å². The van der Waals surface area contributed by atoms with Crippen LogP contribution in [0.4, 0.5) is 16.0 Å². The van der Waals surface area contributed by atoms with Crippen molar-refractivity contribution in [2.24, 2.45) is 0 Å². The first-order valence-corrected chi connectivity index (χ1v) is 9.67. The number of hydrogen-bond donors (Lipinski definition) is 2. The second-order valence-corrected chi connectivity index (χ2v) is 7.49. The zero-order chi connectivity index (χ0) is 20.1. The molecule has 150 valence electrons. The fraction of sp³-hybridized carbons (Fsp3) is 0.350. The predicted molar refractivity (Wildman–Crippen MR) is 106 cm³/mol. The van der Waals surface area contributed by atoms with Gasteiger partial charge in [-0.2, -0.15) is 0 Å². The van der Waals surface area contributed by atoms with Crippen molar-refractivity contribution < 1.29 is 13.9 Å². The minimum absolute atomic E-state index is 0.0732. The van der Waals surface area contributed by atoms with Crippen LogP contribution >= 0.6 is 0 Å². The van der Waals surface area contributed by atoms with Crippen LogP contribution in [0.5, 0.6) is 5.75 Å². The number of amides is 1. The Morgan fingerprint density at radius 2 is 2.21 bits per heavy atom. The van der Waals surface area contributed by atoms with Crippen molar-refractivity contribution in [3.8, 4) is 5.75 Å². The molecule has 2 aliphatic rings. The van der Waals surface area contributed by atoms with Crippen LogP contribution in [0.15, 0.2) is 30.5 Å². The standard InChI is InChI=1S/C20H21FN6O2/c1-11-10-23-20(28)17-18(22)25-27-8-6-16(24-19(17)27)26-7-2-3-14(26)13-9-12(21)4-5-15(13)29-11/h4-6,8-9,11,14H,2-3,7,10H2,1H3,(H2,22,25)(H,23,28)/t11-,14?/m0/s1. The molecule has 1 fully saturated rings. The first-order chi connectivity index (χ1) is 14.0. The molecule has 8 nitrogen and oxygen atoms in total. The number of rotatable bonds is 0. The monoisotopic (exact) mass is 396 g/mol. The average Bonchev–Trinajstić information content (AvgIpc) is 3.30. The van der Waals surface area contributed by atoms with Crippen molar-refractivity contribution in [2.75, 3.05) is 23.7 Å². The van der Waals surface area contributed by atoms with Gasteiger partial charge >= 0.3 is 0 Å². The zero-order valence-electron chi connectivity index (χ0n) is 15.9. The molecule has 5 rings (SSSR count). The quantitative estimate of drug-likeness (QED) is 0.605. The van der Waals surface area contributed by atoms with Crippen LogP contribution in [0.25, 0.3) is 5.65 Å². The second-order valence-electron chi connectivity index (χ2n) is 7.49. The molecule has 4 heterocycles. The van der Waals surface area contributed by atoms with Crippen LogP contribution in [0, 0.1) is 5.82 Å². The maximum absolute atomic E-state index is 14.1. The van der Waals surface area contributed by atoms with Gasteiger partial charge in [0.1, 0.15) is 29.1 Å². The number of carbonyl (C=O) groups is 1. The van der Waals surface area contributed by atoms with Crippen LogP contribution in [0.1, 0.15) is 41.7 Å². The van der Waals surface area contributed by atoms with Crippen molar-refractivity contribution in [2.45, 2.75) is 31.9 Å². The predicted octanol–water partition coefficient (Wildman–Crippen LogP) is 2.30. The van der Waals surface area contributed by atoms with E-state index in [-0.39, 0.29) is 41.8 Å². The highest BCUT2D eigenvalue weighted by Gasteiger charge is 2.31. The van der Waals surface area contributed by atoms with Crippen molar-refractivity contribution in [1.29, 1.82) is 0 Å². The highest BCUT2D eigenvalue weighted by atomic mass is 19.1. The van der Waals surface area contributed by atoms with E-state index < -0.39 is 0 Å². The summed E-state index contributed by atoms with van der Waals surface area (Å²) in [4.78, 5) is 19.6. The smallest absolute Gasteiger partial charge is 0.259 e. The number of aromatic nitrogens is 3. The van der Waals surface area contributed by atoms with E-state index in [0.29, 0.717) is 17.2 Å². The van der Waals surface area contributed by atoms with Gasteiger partial charge in [0, 0.05) is 18.3 Å². The van der Waals surface area contributed by atoms with E-state index in [1.807, 2.05) is 13.0 Å². The fourth-order valence-corrected chi connectivity index (χ4v) is 4.15. The Morgan fingerprint density at radius 1 is 1.34 bits per heavy atom. The Balaban J connectivity index is 1.70. The third kappa shape index (κ3) is 2.93. The van der Waals surface area contributed by atoms with Gasteiger partial charge in [-0.15, -0.1) is 5.10 Å². The fourth-order valence-electron chi connectivity index (χ4n) is 4.15. The molecule has 3 N–H and O–H groups in total. The van der Waals surface area contributed by atoms with E-state index in [9.17, 15) is 9.18 Å². The van der Waals surface area contributed by atoms with Gasteiger partial charge in [-0.3, -0.25) is 4.79 Å². The van der Waals surface area contributed by atoms with Gasteiger partial charge in [0.05, 0.1) is 12.6 Å². The molecule has 1 saturated heterocycles. The largest absolute Gasteiger partial charge is 0.489 e. The summed E-state index contributed by atoms with van der Waals surface area (Å²) in [6.07, 6.45) is 3.22. The van der Waals surface area contributed by atoms with E-state index in [1.54, 1.807) is 12.3 Å². The second kappa shape index (κ2) is 6.61. The molecule has 2 atom stereocenters. The number of fused-ring (bicyclic) bond motifs is 5. The molecule has 3 aromatic rings. The van der Waals surface area contributed by atoms with E-state index in [4.69, 9.17) is 15.5 Å². The van der Waals surface area contributed by atoms with Crippen LogP contribution < -0.4 is 20.7 Å². The van der Waals surface area contributed by atoms with Crippen molar-refractivity contribution in [1.82, 2.24) is 19.9 Å². The van der Waals surface area contributed by atoms with Crippen LogP contribution in [-0.4, -0.2) is 39.7 Å². The molecule has 2 aliphatic heterocycles. The van der Waals surface area contributed by atoms with Crippen LogP contribution in [-0.2, 0) is 0 Å². The highest BCUT2D eigenvalue weighted by molar-refractivity contribution is 6.04. The van der Waals surface area contributed by atoms with Gasteiger partial charge in [0.25, 0.3) is 5.91 Å². The number of anilines is 2. The van der Waals surface area contributed by atoms with Crippen molar-refractivity contribution in [3.05, 3.63) is 47.4 Å². The third-order valence-electron chi connectivity index (χ3n) is 5.48. The number of nitrogens with one attached hydrogen (secondary N) is 1. The number of hydrogen-bond acceptors (Lipinski definition) is 6. The maximum atomic E-state index is 14.1. The molecule has 1 unspecified atom stereocenters. The lowest BCUT2D eigenvalue weighted by atomic mass is 10.0. The first kappa shape index (κ1) is 17.7. The van der Waals surface area contributed by atoms with Gasteiger partial charge in [0.15, 0.2) is 11.5 Å². The highest BCUT2D eigenvalue weighted by Crippen LogP contribution is 2.40. The zero-order valence-corrected chi connectivity index (χ0v) is 15.9. The molecule has 0 radical (unpaired) electrons. The van der Waals surface area contributed by atoms with Gasteiger partial charge < -0.3 is 20.7 Å². The Hall–Kier alpha value is -3.36. The van der Waals surface area contributed by atoms with E-state index in [1.165, 1.54) is 16.6 Å². The minimum atomic E-state index is -0.353. The number of halogens is 1. The molecule has 2 aromatic heterocycles. The molecule has 2 bridgehead atoms. The Labute approximate surface area is 166 Å². The lowest BCUT2D eigenvalue weighted by molar-refractivity contribution is 0.0934. The van der Waals surface area contributed by atoms with E-state index >= 15 is 0 Å². The molecule has 1 aromatic carbocycles. The van der Waals surface area contributed by atoms with Crippen molar-refractivity contribution >= 4 is 23.2 Å². The summed E-state index contributed by atoms with van der Waals surface area (Å²) in [5, 5.41) is 7.04. The minimum Gasteiger partial charge on any atom is -0.489 e. The summed E-state index contributed by atoms with van der Waals surface area (Å²) < 4.78 is 21.7. The topological polar surface area (TPSA) is 97.8 Å². The van der Waals surface area contributed by atoms with E-state index in [2.05, 4.69) is 15.3 Å². The number of carbonyl (C=O) groups excluding carboxylic acids is 1. The number of nitrogen functional groups attached to an aromatic ring is 1. The summed E-state index contributed by atoms with van der Waals surface area (Å²) in [5.41, 5.74) is 7.44. The molecular formula is C20H21FN6O2. The molecule has 0 spiro atoms. The molecule has 0 aliphatic carbocycles. The Bertz CT molecular complexity index is 1110. The number of ether oxygens (including phenoxy) is 1. The van der Waals surface area contributed by atoms with Crippen LogP contribution in [0.3, 0.4) is 0 Å². The molecule has 29 heavy (non-hydrogen) atoms. The Morgan fingerprint density at radius 3 is 3.07 bits per heavy atom. The summed E-state index contributed by atoms with van der Waals surface area (Å²) in [6.45, 7) is 2.89. The Kier molecular flexibility index (Phi) is 4.04.